The second-order valence-electron chi connectivity index (χ2n) is 3.42. The van der Waals surface area contributed by atoms with Crippen LogP contribution < -0.4 is 5.73 Å². The van der Waals surface area contributed by atoms with E-state index < -0.39 is 13.4 Å². The predicted octanol–water partition coefficient (Wildman–Crippen LogP) is 1.67. The molecule has 0 aromatic rings. The highest BCUT2D eigenvalue weighted by molar-refractivity contribution is 7.52. The normalized spacial score (nSPS) is 14.9. The zero-order chi connectivity index (χ0) is 10.5. The van der Waals surface area contributed by atoms with Crippen LogP contribution in [-0.4, -0.2) is 15.6 Å². The van der Waals surface area contributed by atoms with Crippen LogP contribution in [-0.2, 0) is 4.57 Å². The van der Waals surface area contributed by atoms with Gasteiger partial charge < -0.3 is 15.5 Å². The van der Waals surface area contributed by atoms with E-state index in [1.54, 1.807) is 0 Å². The van der Waals surface area contributed by atoms with Crippen molar-refractivity contribution in [3.8, 4) is 0 Å². The van der Waals surface area contributed by atoms with Crippen LogP contribution in [0.3, 0.4) is 0 Å². The van der Waals surface area contributed by atoms with Crippen LogP contribution in [0, 0.1) is 5.92 Å². The first-order valence-corrected chi connectivity index (χ1v) is 6.42. The molecule has 1 atom stereocenters. The monoisotopic (exact) mass is 209 g/mol. The summed E-state index contributed by atoms with van der Waals surface area (Å²) in [5.74, 6) is -1.02. The zero-order valence-corrected chi connectivity index (χ0v) is 9.20. The maximum atomic E-state index is 10.9. The van der Waals surface area contributed by atoms with Gasteiger partial charge in [-0.05, 0) is 18.8 Å². The number of hydrogen-bond acceptors (Lipinski definition) is 2. The molecule has 0 saturated heterocycles. The van der Waals surface area contributed by atoms with E-state index in [0.29, 0.717) is 0 Å². The highest BCUT2D eigenvalue weighted by Crippen LogP contribution is 2.44. The van der Waals surface area contributed by atoms with Crippen LogP contribution in [0.1, 0.15) is 39.5 Å². The second kappa shape index (κ2) is 5.76. The summed E-state index contributed by atoms with van der Waals surface area (Å²) in [6, 6.07) is 0. The van der Waals surface area contributed by atoms with Crippen molar-refractivity contribution in [1.82, 2.24) is 0 Å². The summed E-state index contributed by atoms with van der Waals surface area (Å²) in [4.78, 5) is 17.8. The Kier molecular flexibility index (Phi) is 5.81. The maximum absolute atomic E-state index is 10.9. The fourth-order valence-corrected chi connectivity index (χ4v) is 2.35. The first-order chi connectivity index (χ1) is 5.93. The van der Waals surface area contributed by atoms with Crippen molar-refractivity contribution in [3.63, 3.8) is 0 Å². The van der Waals surface area contributed by atoms with Gasteiger partial charge in [0.15, 0.2) is 0 Å². The molecule has 0 aliphatic rings. The zero-order valence-electron chi connectivity index (χ0n) is 8.31. The Hall–Kier alpha value is 0.110. The Morgan fingerprint density at radius 2 is 1.62 bits per heavy atom. The third-order valence-electron chi connectivity index (χ3n) is 2.19. The first kappa shape index (κ1) is 13.1. The van der Waals surface area contributed by atoms with Gasteiger partial charge in [-0.3, -0.25) is 4.57 Å². The summed E-state index contributed by atoms with van der Waals surface area (Å²) >= 11 is 0. The van der Waals surface area contributed by atoms with Gasteiger partial charge in [0.1, 0.15) is 5.78 Å². The molecule has 0 bridgehead atoms. The Bertz CT molecular complexity index is 174. The van der Waals surface area contributed by atoms with E-state index in [2.05, 4.69) is 0 Å². The van der Waals surface area contributed by atoms with Gasteiger partial charge >= 0.3 is 7.60 Å². The van der Waals surface area contributed by atoms with Crippen molar-refractivity contribution in [2.24, 2.45) is 11.7 Å². The summed E-state index contributed by atoms with van der Waals surface area (Å²) in [5.41, 5.74) is 5.50. The van der Waals surface area contributed by atoms with Gasteiger partial charge in [-0.2, -0.15) is 0 Å². The van der Waals surface area contributed by atoms with Crippen molar-refractivity contribution in [1.29, 1.82) is 0 Å². The van der Waals surface area contributed by atoms with Gasteiger partial charge in [0.05, 0.1) is 0 Å². The van der Waals surface area contributed by atoms with Gasteiger partial charge in [0.2, 0.25) is 0 Å². The standard InChI is InChI=1S/C8H20NO3P/c1-3-5-7(6-4-2)8(9)13(10,11)12/h7-8H,3-6,9H2,1-2H3,(H2,10,11,12). The topological polar surface area (TPSA) is 83.6 Å². The molecule has 0 saturated carbocycles. The van der Waals surface area contributed by atoms with E-state index in [0.717, 1.165) is 25.7 Å². The molecule has 0 amide bonds. The molecule has 4 nitrogen and oxygen atoms in total. The van der Waals surface area contributed by atoms with Crippen LogP contribution in [0.15, 0.2) is 0 Å². The lowest BCUT2D eigenvalue weighted by Gasteiger charge is -2.23. The summed E-state index contributed by atoms with van der Waals surface area (Å²) in [6.07, 6.45) is 3.41. The molecule has 0 spiro atoms. The van der Waals surface area contributed by atoms with Gasteiger partial charge in [-0.1, -0.05) is 26.7 Å². The molecule has 1 unspecified atom stereocenters. The molecule has 5 heteroatoms. The molecule has 0 aromatic carbocycles. The highest BCUT2D eigenvalue weighted by atomic mass is 31.2. The van der Waals surface area contributed by atoms with Gasteiger partial charge in [0.25, 0.3) is 0 Å². The van der Waals surface area contributed by atoms with Crippen LogP contribution in [0.25, 0.3) is 0 Å². The largest absolute Gasteiger partial charge is 0.342 e. The van der Waals surface area contributed by atoms with E-state index in [4.69, 9.17) is 15.5 Å². The molecule has 0 heterocycles. The number of hydrogen-bond donors (Lipinski definition) is 3. The van der Waals surface area contributed by atoms with Gasteiger partial charge in [-0.15, -0.1) is 0 Å². The van der Waals surface area contributed by atoms with Crippen molar-refractivity contribution >= 4 is 7.60 Å². The van der Waals surface area contributed by atoms with Crippen molar-refractivity contribution in [2.75, 3.05) is 0 Å². The molecule has 0 aliphatic carbocycles. The molecule has 13 heavy (non-hydrogen) atoms. The van der Waals surface area contributed by atoms with E-state index in [9.17, 15) is 4.57 Å². The average Bonchev–Trinajstić information content (AvgIpc) is 2.01. The van der Waals surface area contributed by atoms with E-state index in [1.807, 2.05) is 13.8 Å². The van der Waals surface area contributed by atoms with Crippen molar-refractivity contribution < 1.29 is 14.4 Å². The van der Waals surface area contributed by atoms with E-state index in [-0.39, 0.29) is 5.92 Å². The summed E-state index contributed by atoms with van der Waals surface area (Å²) in [6.45, 7) is 3.99. The third-order valence-corrected chi connectivity index (χ3v) is 3.39. The Morgan fingerprint density at radius 3 is 1.85 bits per heavy atom. The van der Waals surface area contributed by atoms with Crippen LogP contribution in [0.5, 0.6) is 0 Å². The molecule has 0 aromatic heterocycles. The fourth-order valence-electron chi connectivity index (χ4n) is 1.50. The molecule has 4 N–H and O–H groups in total. The summed E-state index contributed by atoms with van der Waals surface area (Å²) in [7, 11) is -4.09. The van der Waals surface area contributed by atoms with Gasteiger partial charge in [-0.25, -0.2) is 0 Å². The minimum absolute atomic E-state index is 0.0455. The van der Waals surface area contributed by atoms with Gasteiger partial charge in [0, 0.05) is 0 Å². The van der Waals surface area contributed by atoms with Crippen LogP contribution >= 0.6 is 7.60 Å². The lowest BCUT2D eigenvalue weighted by atomic mass is 9.98. The minimum Gasteiger partial charge on any atom is -0.323 e. The molecule has 0 rings (SSSR count). The lowest BCUT2D eigenvalue weighted by Crippen LogP contribution is -2.29. The van der Waals surface area contributed by atoms with Crippen LogP contribution in [0.2, 0.25) is 0 Å². The Balaban J connectivity index is 4.27. The SMILES string of the molecule is CCCC(CCC)C(N)P(=O)(O)O. The molecular formula is C8H20NO3P. The van der Waals surface area contributed by atoms with Crippen molar-refractivity contribution in [2.45, 2.75) is 45.3 Å². The predicted molar refractivity (Wildman–Crippen MR) is 53.3 cm³/mol. The van der Waals surface area contributed by atoms with E-state index >= 15 is 0 Å². The average molecular weight is 209 g/mol. The molecule has 0 aliphatic heterocycles. The maximum Gasteiger partial charge on any atom is 0.342 e. The third kappa shape index (κ3) is 4.77. The highest BCUT2D eigenvalue weighted by Gasteiger charge is 2.31. The number of nitrogens with two attached hydrogens (primary N) is 1. The van der Waals surface area contributed by atoms with Crippen LogP contribution in [0.4, 0.5) is 0 Å². The number of rotatable bonds is 6. The first-order valence-electron chi connectivity index (χ1n) is 4.74. The molecule has 80 valence electrons. The van der Waals surface area contributed by atoms with E-state index in [1.165, 1.54) is 0 Å². The fraction of sp³-hybridized carbons (Fsp3) is 1.00. The van der Waals surface area contributed by atoms with Crippen molar-refractivity contribution in [3.05, 3.63) is 0 Å². The molecule has 0 fully saturated rings. The summed E-state index contributed by atoms with van der Waals surface area (Å²) < 4.78 is 10.9. The molecule has 0 radical (unpaired) electrons. The molecular weight excluding hydrogens is 189 g/mol. The summed E-state index contributed by atoms with van der Waals surface area (Å²) in [5, 5.41) is 0. The second-order valence-corrected chi connectivity index (χ2v) is 5.19. The Morgan fingerprint density at radius 1 is 1.23 bits per heavy atom. The smallest absolute Gasteiger partial charge is 0.323 e. The lowest BCUT2D eigenvalue weighted by molar-refractivity contribution is 0.318. The Labute approximate surface area is 79.7 Å². The minimum atomic E-state index is -4.09. The quantitative estimate of drug-likeness (QED) is 0.581.